The molecule has 1 rings (SSSR count). The topological polar surface area (TPSA) is 103 Å². The van der Waals surface area contributed by atoms with E-state index < -0.39 is 10.0 Å². The van der Waals surface area contributed by atoms with Crippen molar-refractivity contribution in [3.8, 4) is 0 Å². The van der Waals surface area contributed by atoms with Crippen molar-refractivity contribution in [3.63, 3.8) is 0 Å². The number of hydrogen-bond donors (Lipinski definition) is 3. The van der Waals surface area contributed by atoms with Crippen LogP contribution in [0, 0.1) is 0 Å². The quantitative estimate of drug-likeness (QED) is 0.326. The summed E-state index contributed by atoms with van der Waals surface area (Å²) < 4.78 is 36.5. The van der Waals surface area contributed by atoms with E-state index in [4.69, 9.17) is 15.3 Å². The van der Waals surface area contributed by atoms with Crippen LogP contribution in [0.1, 0.15) is 6.42 Å². The van der Waals surface area contributed by atoms with Crippen LogP contribution in [-0.4, -0.2) is 41.9 Å². The van der Waals surface area contributed by atoms with Gasteiger partial charge in [0.2, 0.25) is 10.0 Å². The standard InChI is InChI=1S/C12H21N3O4S/c1-18-9-10-19-8-2-7-14-20(16,17)12-5-3-11(15-13)4-6-12/h3-6,14-15H,2,7-10,13H2,1H3. The second-order valence-electron chi connectivity index (χ2n) is 4.03. The van der Waals surface area contributed by atoms with Gasteiger partial charge in [0.1, 0.15) is 0 Å². The van der Waals surface area contributed by atoms with E-state index in [0.717, 1.165) is 0 Å². The van der Waals surface area contributed by atoms with Crippen LogP contribution < -0.4 is 16.0 Å². The SMILES string of the molecule is COCCOCCCNS(=O)(=O)c1ccc(NN)cc1. The second kappa shape index (κ2) is 8.88. The smallest absolute Gasteiger partial charge is 0.240 e. The molecule has 4 N–H and O–H groups in total. The Balaban J connectivity index is 2.33. The highest BCUT2D eigenvalue weighted by Gasteiger charge is 2.12. The minimum Gasteiger partial charge on any atom is -0.382 e. The van der Waals surface area contributed by atoms with Crippen LogP contribution in [0.4, 0.5) is 5.69 Å². The first-order valence-corrected chi connectivity index (χ1v) is 7.71. The zero-order valence-electron chi connectivity index (χ0n) is 11.5. The van der Waals surface area contributed by atoms with Crippen LogP contribution in [0.5, 0.6) is 0 Å². The Bertz CT molecular complexity index is 476. The summed E-state index contributed by atoms with van der Waals surface area (Å²) in [6.07, 6.45) is 0.603. The van der Waals surface area contributed by atoms with Crippen molar-refractivity contribution in [1.29, 1.82) is 0 Å². The summed E-state index contributed by atoms with van der Waals surface area (Å²) in [5, 5.41) is 0. The number of hydrogen-bond acceptors (Lipinski definition) is 6. The normalized spacial score (nSPS) is 11.5. The lowest BCUT2D eigenvalue weighted by Crippen LogP contribution is -2.25. The van der Waals surface area contributed by atoms with Gasteiger partial charge in [-0.05, 0) is 30.7 Å². The highest BCUT2D eigenvalue weighted by molar-refractivity contribution is 7.89. The van der Waals surface area contributed by atoms with E-state index in [1.54, 1.807) is 19.2 Å². The molecule has 8 heteroatoms. The molecule has 0 saturated carbocycles. The van der Waals surface area contributed by atoms with Crippen LogP contribution in [0.2, 0.25) is 0 Å². The van der Waals surface area contributed by atoms with Crippen LogP contribution in [0.15, 0.2) is 29.2 Å². The molecule has 7 nitrogen and oxygen atoms in total. The van der Waals surface area contributed by atoms with Crippen molar-refractivity contribution in [2.75, 3.05) is 38.9 Å². The number of nitrogens with one attached hydrogen (secondary N) is 2. The van der Waals surface area contributed by atoms with E-state index in [1.165, 1.54) is 12.1 Å². The molecule has 0 heterocycles. The van der Waals surface area contributed by atoms with Crippen LogP contribution in [0.3, 0.4) is 0 Å². The number of anilines is 1. The van der Waals surface area contributed by atoms with Gasteiger partial charge in [-0.1, -0.05) is 0 Å². The average molecular weight is 303 g/mol. The second-order valence-corrected chi connectivity index (χ2v) is 5.79. The number of rotatable bonds is 10. The third kappa shape index (κ3) is 5.85. The molecule has 0 bridgehead atoms. The molecule has 1 aromatic rings. The highest BCUT2D eigenvalue weighted by Crippen LogP contribution is 2.12. The van der Waals surface area contributed by atoms with Crippen LogP contribution in [-0.2, 0) is 19.5 Å². The summed E-state index contributed by atoms with van der Waals surface area (Å²) in [5.41, 5.74) is 3.09. The average Bonchev–Trinajstić information content (AvgIpc) is 2.46. The number of nitrogens with two attached hydrogens (primary N) is 1. The van der Waals surface area contributed by atoms with Gasteiger partial charge in [-0.25, -0.2) is 13.1 Å². The molecule has 0 spiro atoms. The molecule has 0 saturated heterocycles. The molecular formula is C12H21N3O4S. The van der Waals surface area contributed by atoms with Crippen molar-refractivity contribution in [3.05, 3.63) is 24.3 Å². The van der Waals surface area contributed by atoms with Gasteiger partial charge in [-0.2, -0.15) is 0 Å². The van der Waals surface area contributed by atoms with Crippen molar-refractivity contribution in [1.82, 2.24) is 4.72 Å². The Hall–Kier alpha value is -1.19. The zero-order chi connectivity index (χ0) is 14.8. The first-order valence-electron chi connectivity index (χ1n) is 6.23. The molecule has 0 aliphatic carbocycles. The number of ether oxygens (including phenoxy) is 2. The lowest BCUT2D eigenvalue weighted by Gasteiger charge is -2.08. The minimum atomic E-state index is -3.48. The van der Waals surface area contributed by atoms with E-state index in [-0.39, 0.29) is 4.90 Å². The third-order valence-electron chi connectivity index (χ3n) is 2.52. The lowest BCUT2D eigenvalue weighted by atomic mass is 10.3. The molecule has 0 amide bonds. The fraction of sp³-hybridized carbons (Fsp3) is 0.500. The van der Waals surface area contributed by atoms with Crippen molar-refractivity contribution < 1.29 is 17.9 Å². The lowest BCUT2D eigenvalue weighted by molar-refractivity contribution is 0.0699. The van der Waals surface area contributed by atoms with Gasteiger partial charge in [0.25, 0.3) is 0 Å². The molecule has 0 unspecified atom stereocenters. The van der Waals surface area contributed by atoms with E-state index >= 15 is 0 Å². The van der Waals surface area contributed by atoms with Crippen molar-refractivity contribution in [2.45, 2.75) is 11.3 Å². The van der Waals surface area contributed by atoms with Gasteiger partial charge in [-0.15, -0.1) is 0 Å². The zero-order valence-corrected chi connectivity index (χ0v) is 12.3. The van der Waals surface area contributed by atoms with Crippen molar-refractivity contribution in [2.24, 2.45) is 5.84 Å². The number of hydrazine groups is 1. The maximum absolute atomic E-state index is 11.9. The van der Waals surface area contributed by atoms with E-state index in [0.29, 0.717) is 38.5 Å². The van der Waals surface area contributed by atoms with Crippen LogP contribution >= 0.6 is 0 Å². The summed E-state index contributed by atoms with van der Waals surface area (Å²) in [4.78, 5) is 0.205. The van der Waals surface area contributed by atoms with Gasteiger partial charge < -0.3 is 14.9 Å². The predicted octanol–water partition coefficient (Wildman–Crippen LogP) is 0.304. The molecule has 1 aromatic carbocycles. The molecule has 20 heavy (non-hydrogen) atoms. The number of methoxy groups -OCH3 is 1. The Kier molecular flexibility index (Phi) is 7.48. The van der Waals surface area contributed by atoms with Crippen LogP contribution in [0.25, 0.3) is 0 Å². The van der Waals surface area contributed by atoms with E-state index in [1.807, 2.05) is 0 Å². The molecule has 0 aromatic heterocycles. The first kappa shape index (κ1) is 16.9. The number of nitrogen functional groups attached to an aromatic ring is 1. The number of sulfonamides is 1. The maximum Gasteiger partial charge on any atom is 0.240 e. The largest absolute Gasteiger partial charge is 0.382 e. The summed E-state index contributed by atoms with van der Waals surface area (Å²) >= 11 is 0. The van der Waals surface area contributed by atoms with Crippen molar-refractivity contribution >= 4 is 15.7 Å². The molecular weight excluding hydrogens is 282 g/mol. The Labute approximate surface area is 119 Å². The predicted molar refractivity (Wildman–Crippen MR) is 76.8 cm³/mol. The van der Waals surface area contributed by atoms with Gasteiger partial charge in [0, 0.05) is 25.9 Å². The monoisotopic (exact) mass is 303 g/mol. The van der Waals surface area contributed by atoms with E-state index in [2.05, 4.69) is 10.1 Å². The molecule has 0 aliphatic heterocycles. The molecule has 0 fully saturated rings. The molecule has 0 atom stereocenters. The molecule has 0 radical (unpaired) electrons. The summed E-state index contributed by atoms with van der Waals surface area (Å²) in [6.45, 7) is 1.86. The first-order chi connectivity index (χ1) is 9.60. The van der Waals surface area contributed by atoms with Gasteiger partial charge in [0.05, 0.1) is 18.1 Å². The Morgan fingerprint density at radius 1 is 1.15 bits per heavy atom. The van der Waals surface area contributed by atoms with Gasteiger partial charge in [-0.3, -0.25) is 5.84 Å². The van der Waals surface area contributed by atoms with Gasteiger partial charge in [0.15, 0.2) is 0 Å². The molecule has 114 valence electrons. The van der Waals surface area contributed by atoms with Gasteiger partial charge >= 0.3 is 0 Å². The Morgan fingerprint density at radius 2 is 1.85 bits per heavy atom. The fourth-order valence-corrected chi connectivity index (χ4v) is 2.51. The summed E-state index contributed by atoms with van der Waals surface area (Å²) in [6, 6.07) is 6.18. The minimum absolute atomic E-state index is 0.205. The molecule has 0 aliphatic rings. The number of benzene rings is 1. The maximum atomic E-state index is 11.9. The summed E-state index contributed by atoms with van der Waals surface area (Å²) in [5.74, 6) is 5.22. The Morgan fingerprint density at radius 3 is 2.45 bits per heavy atom. The summed E-state index contributed by atoms with van der Waals surface area (Å²) in [7, 11) is -1.88. The third-order valence-corrected chi connectivity index (χ3v) is 4.00. The highest BCUT2D eigenvalue weighted by atomic mass is 32.2. The fourth-order valence-electron chi connectivity index (χ4n) is 1.44. The van der Waals surface area contributed by atoms with E-state index in [9.17, 15) is 8.42 Å².